The number of hydrogen-bond donors (Lipinski definition) is 1. The lowest BCUT2D eigenvalue weighted by Gasteiger charge is -2.34. The predicted molar refractivity (Wildman–Crippen MR) is 156 cm³/mol. The van der Waals surface area contributed by atoms with Crippen LogP contribution in [-0.4, -0.2) is 34.0 Å². The highest BCUT2D eigenvalue weighted by Crippen LogP contribution is 2.25. The summed E-state index contributed by atoms with van der Waals surface area (Å²) in [5, 5.41) is 4.67. The monoisotopic (exact) mass is 576 g/mol. The molecule has 196 valence electrons. The number of nitrogens with one attached hydrogen (secondary N) is 1. The Morgan fingerprint density at radius 3 is 2.14 bits per heavy atom. The topological polar surface area (TPSA) is 49.4 Å². The second-order valence-corrected chi connectivity index (χ2v) is 12.1. The Morgan fingerprint density at radius 2 is 1.51 bits per heavy atom. The standard InChI is InChI=1S/C29H31Cl3N2O2S/c1-29(2,3)33-28(36)26(16-20-7-5-4-6-8-20)34(17-21-9-12-23(30)13-10-21)27(35)19-37-18-22-11-14-24(31)25(32)15-22/h4-15,26H,16-19H2,1-3H3,(H,33,36)/t26-/m0/s1. The first-order chi connectivity index (χ1) is 17.5. The molecule has 0 radical (unpaired) electrons. The third-order valence-electron chi connectivity index (χ3n) is 5.51. The minimum Gasteiger partial charge on any atom is -0.350 e. The zero-order chi connectivity index (χ0) is 27.0. The zero-order valence-corrected chi connectivity index (χ0v) is 24.2. The molecular formula is C29H31Cl3N2O2S. The van der Waals surface area contributed by atoms with Crippen LogP contribution in [-0.2, 0) is 28.3 Å². The van der Waals surface area contributed by atoms with Crippen LogP contribution in [0.15, 0.2) is 72.8 Å². The van der Waals surface area contributed by atoms with E-state index >= 15 is 0 Å². The van der Waals surface area contributed by atoms with Crippen LogP contribution in [0.5, 0.6) is 0 Å². The molecule has 0 aliphatic rings. The summed E-state index contributed by atoms with van der Waals surface area (Å²) < 4.78 is 0. The first-order valence-corrected chi connectivity index (χ1v) is 14.2. The number of halogens is 3. The van der Waals surface area contributed by atoms with Gasteiger partial charge in [-0.2, -0.15) is 0 Å². The number of thioether (sulfide) groups is 1. The van der Waals surface area contributed by atoms with Gasteiger partial charge < -0.3 is 10.2 Å². The third-order valence-corrected chi connectivity index (χ3v) is 7.49. The van der Waals surface area contributed by atoms with Gasteiger partial charge in [0.25, 0.3) is 0 Å². The van der Waals surface area contributed by atoms with Gasteiger partial charge in [-0.05, 0) is 61.7 Å². The van der Waals surface area contributed by atoms with Crippen LogP contribution in [0.4, 0.5) is 0 Å². The Labute approximate surface area is 238 Å². The summed E-state index contributed by atoms with van der Waals surface area (Å²) in [5.74, 6) is 0.495. The van der Waals surface area contributed by atoms with Gasteiger partial charge >= 0.3 is 0 Å². The molecular weight excluding hydrogens is 547 g/mol. The normalized spacial score (nSPS) is 12.2. The van der Waals surface area contributed by atoms with E-state index in [4.69, 9.17) is 34.8 Å². The zero-order valence-electron chi connectivity index (χ0n) is 21.1. The Bertz CT molecular complexity index is 1200. The van der Waals surface area contributed by atoms with Crippen LogP contribution >= 0.6 is 46.6 Å². The van der Waals surface area contributed by atoms with E-state index in [0.717, 1.165) is 16.7 Å². The van der Waals surface area contributed by atoms with Crippen LogP contribution < -0.4 is 5.32 Å². The average Bonchev–Trinajstić information content (AvgIpc) is 2.84. The molecule has 3 aromatic rings. The molecule has 0 unspecified atom stereocenters. The smallest absolute Gasteiger partial charge is 0.243 e. The second kappa shape index (κ2) is 13.6. The molecule has 3 rings (SSSR count). The Balaban J connectivity index is 1.86. The molecule has 2 amide bonds. The second-order valence-electron chi connectivity index (χ2n) is 9.83. The van der Waals surface area contributed by atoms with Crippen LogP contribution in [0.25, 0.3) is 0 Å². The van der Waals surface area contributed by atoms with E-state index in [1.807, 2.05) is 75.4 Å². The summed E-state index contributed by atoms with van der Waals surface area (Å²) in [6.45, 7) is 6.09. The molecule has 0 fully saturated rings. The molecule has 0 heterocycles. The fraction of sp³-hybridized carbons (Fsp3) is 0.310. The summed E-state index contributed by atoms with van der Waals surface area (Å²) in [6, 6.07) is 21.9. The van der Waals surface area contributed by atoms with Gasteiger partial charge in [-0.25, -0.2) is 0 Å². The lowest BCUT2D eigenvalue weighted by atomic mass is 10.0. The van der Waals surface area contributed by atoms with E-state index in [1.54, 1.807) is 23.1 Å². The lowest BCUT2D eigenvalue weighted by molar-refractivity contribution is -0.140. The largest absolute Gasteiger partial charge is 0.350 e. The molecule has 0 aliphatic heterocycles. The minimum absolute atomic E-state index is 0.120. The van der Waals surface area contributed by atoms with E-state index < -0.39 is 11.6 Å². The number of amides is 2. The van der Waals surface area contributed by atoms with E-state index in [1.165, 1.54) is 11.8 Å². The number of rotatable bonds is 10. The molecule has 8 heteroatoms. The van der Waals surface area contributed by atoms with Crippen LogP contribution in [0.2, 0.25) is 15.1 Å². The number of carbonyl (C=O) groups is 2. The van der Waals surface area contributed by atoms with Crippen molar-refractivity contribution < 1.29 is 9.59 Å². The molecule has 0 saturated carbocycles. The Hall–Kier alpha value is -2.18. The van der Waals surface area contributed by atoms with Gasteiger partial charge in [0.1, 0.15) is 6.04 Å². The first-order valence-electron chi connectivity index (χ1n) is 11.9. The van der Waals surface area contributed by atoms with Gasteiger partial charge in [-0.1, -0.05) is 83.3 Å². The highest BCUT2D eigenvalue weighted by molar-refractivity contribution is 7.99. The van der Waals surface area contributed by atoms with Crippen molar-refractivity contribution in [2.24, 2.45) is 0 Å². The number of carbonyl (C=O) groups excluding carboxylic acids is 2. The van der Waals surface area contributed by atoms with Crippen molar-refractivity contribution in [3.63, 3.8) is 0 Å². The first kappa shape index (κ1) is 29.4. The van der Waals surface area contributed by atoms with Crippen molar-refractivity contribution in [3.05, 3.63) is 105 Å². The van der Waals surface area contributed by atoms with Gasteiger partial charge in [-0.15, -0.1) is 11.8 Å². The molecule has 1 atom stereocenters. The van der Waals surface area contributed by atoms with Crippen molar-refractivity contribution in [1.29, 1.82) is 0 Å². The summed E-state index contributed by atoms with van der Waals surface area (Å²) in [7, 11) is 0. The fourth-order valence-electron chi connectivity index (χ4n) is 3.76. The molecule has 0 saturated heterocycles. The molecule has 37 heavy (non-hydrogen) atoms. The molecule has 3 aromatic carbocycles. The Kier molecular flexibility index (Phi) is 10.8. The fourth-order valence-corrected chi connectivity index (χ4v) is 5.07. The van der Waals surface area contributed by atoms with E-state index in [-0.39, 0.29) is 17.6 Å². The maximum atomic E-state index is 13.7. The molecule has 0 aliphatic carbocycles. The van der Waals surface area contributed by atoms with Crippen molar-refractivity contribution >= 4 is 58.4 Å². The van der Waals surface area contributed by atoms with Gasteiger partial charge in [0.05, 0.1) is 15.8 Å². The molecule has 4 nitrogen and oxygen atoms in total. The van der Waals surface area contributed by atoms with Crippen molar-refractivity contribution in [2.45, 2.75) is 51.1 Å². The summed E-state index contributed by atoms with van der Waals surface area (Å²) in [6.07, 6.45) is 0.402. The highest BCUT2D eigenvalue weighted by atomic mass is 35.5. The number of nitrogens with zero attached hydrogens (tertiary/aromatic N) is 1. The quantitative estimate of drug-likeness (QED) is 0.272. The van der Waals surface area contributed by atoms with Gasteiger partial charge in [0, 0.05) is 29.3 Å². The number of hydrogen-bond acceptors (Lipinski definition) is 3. The van der Waals surface area contributed by atoms with Crippen molar-refractivity contribution in [2.75, 3.05) is 5.75 Å². The average molecular weight is 578 g/mol. The maximum absolute atomic E-state index is 13.7. The van der Waals surface area contributed by atoms with E-state index in [9.17, 15) is 9.59 Å². The third kappa shape index (κ3) is 9.57. The highest BCUT2D eigenvalue weighted by Gasteiger charge is 2.32. The van der Waals surface area contributed by atoms with Gasteiger partial charge in [-0.3, -0.25) is 9.59 Å². The van der Waals surface area contributed by atoms with Gasteiger partial charge in [0.2, 0.25) is 11.8 Å². The molecule has 0 spiro atoms. The SMILES string of the molecule is CC(C)(C)NC(=O)[C@H](Cc1ccccc1)N(Cc1ccc(Cl)cc1)C(=O)CSCc1ccc(Cl)c(Cl)c1. The summed E-state index contributed by atoms with van der Waals surface area (Å²) in [5.41, 5.74) is 2.41. The summed E-state index contributed by atoms with van der Waals surface area (Å²) >= 11 is 19.7. The summed E-state index contributed by atoms with van der Waals surface area (Å²) in [4.78, 5) is 28.9. The molecule has 1 N–H and O–H groups in total. The van der Waals surface area contributed by atoms with Crippen molar-refractivity contribution in [3.8, 4) is 0 Å². The van der Waals surface area contributed by atoms with Crippen LogP contribution in [0.3, 0.4) is 0 Å². The molecule has 0 aromatic heterocycles. The van der Waals surface area contributed by atoms with Crippen LogP contribution in [0.1, 0.15) is 37.5 Å². The molecule has 0 bridgehead atoms. The van der Waals surface area contributed by atoms with E-state index in [2.05, 4.69) is 5.32 Å². The predicted octanol–water partition coefficient (Wildman–Crippen LogP) is 7.43. The lowest BCUT2D eigenvalue weighted by Crippen LogP contribution is -2.54. The maximum Gasteiger partial charge on any atom is 0.243 e. The Morgan fingerprint density at radius 1 is 0.865 bits per heavy atom. The van der Waals surface area contributed by atoms with Crippen molar-refractivity contribution in [1.82, 2.24) is 10.2 Å². The van der Waals surface area contributed by atoms with E-state index in [0.29, 0.717) is 33.8 Å². The minimum atomic E-state index is -0.685. The number of benzene rings is 3. The van der Waals surface area contributed by atoms with Crippen LogP contribution in [0, 0.1) is 0 Å². The van der Waals surface area contributed by atoms with Gasteiger partial charge in [0.15, 0.2) is 0 Å².